The van der Waals surface area contributed by atoms with Gasteiger partial charge in [0.2, 0.25) is 0 Å². The Morgan fingerprint density at radius 3 is 2.33 bits per heavy atom. The maximum absolute atomic E-state index is 13.4. The van der Waals surface area contributed by atoms with Gasteiger partial charge in [-0.3, -0.25) is 4.98 Å². The van der Waals surface area contributed by atoms with Crippen molar-refractivity contribution < 1.29 is 29.3 Å². The van der Waals surface area contributed by atoms with Gasteiger partial charge < -0.3 is 24.6 Å². The Morgan fingerprint density at radius 1 is 1.00 bits per heavy atom. The van der Waals surface area contributed by atoms with E-state index in [-0.39, 0.29) is 24.8 Å². The third-order valence-corrected chi connectivity index (χ3v) is 7.41. The second kappa shape index (κ2) is 14.3. The van der Waals surface area contributed by atoms with Crippen molar-refractivity contribution in [2.75, 3.05) is 13.1 Å². The van der Waals surface area contributed by atoms with E-state index in [1.54, 1.807) is 51.4 Å². The van der Waals surface area contributed by atoms with Gasteiger partial charge in [0.25, 0.3) is 0 Å². The highest BCUT2D eigenvalue weighted by atomic mass is 16.6. The van der Waals surface area contributed by atoms with Gasteiger partial charge in [0.05, 0.1) is 18.8 Å². The number of amides is 1. The maximum atomic E-state index is 13.4. The van der Waals surface area contributed by atoms with Gasteiger partial charge in [-0.05, 0) is 76.1 Å². The molecule has 2 N–H and O–H groups in total. The van der Waals surface area contributed by atoms with E-state index in [0.717, 1.165) is 55.2 Å². The number of carbonyl (C=O) groups excluding carboxylic acids is 1. The molecule has 1 amide bonds. The first kappa shape index (κ1) is 31.0. The van der Waals surface area contributed by atoms with Crippen LogP contribution in [0.15, 0.2) is 67.0 Å². The van der Waals surface area contributed by atoms with Crippen LogP contribution < -0.4 is 4.74 Å². The summed E-state index contributed by atoms with van der Waals surface area (Å²) in [7, 11) is 0. The van der Waals surface area contributed by atoms with Crippen molar-refractivity contribution >= 4 is 12.1 Å². The molecule has 0 unspecified atom stereocenters. The van der Waals surface area contributed by atoms with Crippen LogP contribution in [0, 0.1) is 0 Å². The van der Waals surface area contributed by atoms with E-state index >= 15 is 0 Å². The molecule has 1 aromatic heterocycles. The Labute approximate surface area is 248 Å². The molecule has 1 saturated carbocycles. The molecule has 0 spiro atoms. The summed E-state index contributed by atoms with van der Waals surface area (Å²) in [5.41, 5.74) is 2.44. The average Bonchev–Trinajstić information content (AvgIpc) is 3.24. The van der Waals surface area contributed by atoms with Gasteiger partial charge in [-0.25, -0.2) is 9.59 Å². The molecule has 1 fully saturated rings. The molecule has 1 aliphatic rings. The molecule has 4 rings (SSSR count). The third kappa shape index (κ3) is 8.55. The molecule has 0 bridgehead atoms. The fraction of sp³-hybridized carbons (Fsp3) is 0.441. The monoisotopic (exact) mass is 574 g/mol. The van der Waals surface area contributed by atoms with Gasteiger partial charge in [-0.2, -0.15) is 0 Å². The van der Waals surface area contributed by atoms with E-state index in [4.69, 9.17) is 9.47 Å². The second-order valence-corrected chi connectivity index (χ2v) is 11.8. The predicted octanol–water partition coefficient (Wildman–Crippen LogP) is 7.06. The SMILES string of the molecule is CC(C)(C)OC(=O)N(CCc1c(-c2ccccc2)ccc(C(=O)O)c1OC1CCCCCC1)C[C@H](O)c1cccnc1. The molecule has 8 heteroatoms. The zero-order chi connectivity index (χ0) is 30.1. The van der Waals surface area contributed by atoms with Crippen LogP contribution in [-0.4, -0.2) is 57.0 Å². The van der Waals surface area contributed by atoms with Gasteiger partial charge in [-0.1, -0.05) is 55.3 Å². The van der Waals surface area contributed by atoms with Crippen molar-refractivity contribution in [1.29, 1.82) is 0 Å². The first-order chi connectivity index (χ1) is 20.1. The third-order valence-electron chi connectivity index (χ3n) is 7.41. The number of aromatic nitrogens is 1. The van der Waals surface area contributed by atoms with Gasteiger partial charge >= 0.3 is 12.1 Å². The summed E-state index contributed by atoms with van der Waals surface area (Å²) >= 11 is 0. The quantitative estimate of drug-likeness (QED) is 0.250. The number of aliphatic hydroxyl groups is 1. The standard InChI is InChI=1S/C34H42N2O6/c1-34(2,3)42-33(40)36(23-30(37)25-14-11-20-35-22-25)21-19-28-27(24-12-7-6-8-13-24)17-18-29(32(38)39)31(28)41-26-15-9-4-5-10-16-26/h6-8,11-14,17-18,20,22,26,30,37H,4-5,9-10,15-16,19,21,23H2,1-3H3,(H,38,39)/t30-/m0/s1. The number of hydrogen-bond donors (Lipinski definition) is 2. The van der Waals surface area contributed by atoms with Crippen molar-refractivity contribution in [3.63, 3.8) is 0 Å². The van der Waals surface area contributed by atoms with E-state index in [0.29, 0.717) is 17.7 Å². The number of ether oxygens (including phenoxy) is 2. The van der Waals surface area contributed by atoms with Crippen molar-refractivity contribution in [3.8, 4) is 16.9 Å². The van der Waals surface area contributed by atoms with E-state index in [1.807, 2.05) is 36.4 Å². The predicted molar refractivity (Wildman–Crippen MR) is 162 cm³/mol. The van der Waals surface area contributed by atoms with Crippen LogP contribution in [0.25, 0.3) is 11.1 Å². The fourth-order valence-electron chi connectivity index (χ4n) is 5.31. The van der Waals surface area contributed by atoms with Crippen LogP contribution in [0.4, 0.5) is 4.79 Å². The molecule has 1 aliphatic carbocycles. The molecule has 0 saturated heterocycles. The molecule has 8 nitrogen and oxygen atoms in total. The van der Waals surface area contributed by atoms with Crippen LogP contribution in [0.5, 0.6) is 5.75 Å². The number of carbonyl (C=O) groups is 2. The summed E-state index contributed by atoms with van der Waals surface area (Å²) < 4.78 is 12.3. The van der Waals surface area contributed by atoms with Gasteiger partial charge in [0.1, 0.15) is 16.9 Å². The lowest BCUT2D eigenvalue weighted by atomic mass is 9.93. The molecule has 0 radical (unpaired) electrons. The lowest BCUT2D eigenvalue weighted by Gasteiger charge is -2.30. The minimum Gasteiger partial charge on any atom is -0.489 e. The first-order valence-electron chi connectivity index (χ1n) is 14.8. The van der Waals surface area contributed by atoms with Crippen molar-refractivity contribution in [1.82, 2.24) is 9.88 Å². The zero-order valence-corrected chi connectivity index (χ0v) is 24.8. The number of aromatic carboxylic acids is 1. The molecular formula is C34H42N2O6. The zero-order valence-electron chi connectivity index (χ0n) is 24.8. The highest BCUT2D eigenvalue weighted by Crippen LogP contribution is 2.37. The number of rotatable bonds is 10. The summed E-state index contributed by atoms with van der Waals surface area (Å²) in [5, 5.41) is 21.2. The van der Waals surface area contributed by atoms with E-state index in [1.165, 1.54) is 4.90 Å². The van der Waals surface area contributed by atoms with Crippen molar-refractivity contribution in [3.05, 3.63) is 83.7 Å². The summed E-state index contributed by atoms with van der Waals surface area (Å²) in [6.07, 6.45) is 7.98. The van der Waals surface area contributed by atoms with Crippen LogP contribution in [0.2, 0.25) is 0 Å². The molecule has 224 valence electrons. The lowest BCUT2D eigenvalue weighted by Crippen LogP contribution is -2.40. The van der Waals surface area contributed by atoms with E-state index < -0.39 is 23.8 Å². The minimum atomic E-state index is -1.06. The number of carboxylic acid groups (broad SMARTS) is 1. The highest BCUT2D eigenvalue weighted by molar-refractivity contribution is 5.93. The number of carboxylic acids is 1. The topological polar surface area (TPSA) is 109 Å². The Balaban J connectivity index is 1.72. The molecular weight excluding hydrogens is 532 g/mol. The molecule has 1 atom stereocenters. The van der Waals surface area contributed by atoms with Crippen molar-refractivity contribution in [2.24, 2.45) is 0 Å². The Bertz CT molecular complexity index is 1320. The summed E-state index contributed by atoms with van der Waals surface area (Å²) in [6, 6.07) is 16.7. The van der Waals surface area contributed by atoms with Crippen LogP contribution in [0.1, 0.15) is 86.9 Å². The smallest absolute Gasteiger partial charge is 0.410 e. The van der Waals surface area contributed by atoms with E-state index in [9.17, 15) is 19.8 Å². The highest BCUT2D eigenvalue weighted by Gasteiger charge is 2.28. The minimum absolute atomic E-state index is 0.0152. The van der Waals surface area contributed by atoms with Gasteiger partial charge in [0.15, 0.2) is 0 Å². The maximum Gasteiger partial charge on any atom is 0.410 e. The number of benzene rings is 2. The molecule has 3 aromatic rings. The van der Waals surface area contributed by atoms with Gasteiger partial charge in [0, 0.05) is 30.1 Å². The van der Waals surface area contributed by atoms with Crippen LogP contribution in [0.3, 0.4) is 0 Å². The normalized spacial score (nSPS) is 15.0. The number of aliphatic hydroxyl groups excluding tert-OH is 1. The van der Waals surface area contributed by atoms with Gasteiger partial charge in [-0.15, -0.1) is 0 Å². The Kier molecular flexibility index (Phi) is 10.6. The molecule has 0 aliphatic heterocycles. The van der Waals surface area contributed by atoms with Crippen LogP contribution >= 0.6 is 0 Å². The lowest BCUT2D eigenvalue weighted by molar-refractivity contribution is 0.0146. The van der Waals surface area contributed by atoms with Crippen molar-refractivity contribution in [2.45, 2.75) is 83.5 Å². The number of hydrogen-bond acceptors (Lipinski definition) is 6. The summed E-state index contributed by atoms with van der Waals surface area (Å²) in [6.45, 7) is 5.55. The molecule has 1 heterocycles. The molecule has 2 aromatic carbocycles. The first-order valence-corrected chi connectivity index (χ1v) is 14.8. The number of pyridine rings is 1. The summed E-state index contributed by atoms with van der Waals surface area (Å²) in [5.74, 6) is -0.705. The second-order valence-electron chi connectivity index (χ2n) is 11.8. The average molecular weight is 575 g/mol. The fourth-order valence-corrected chi connectivity index (χ4v) is 5.31. The van der Waals surface area contributed by atoms with Crippen LogP contribution in [-0.2, 0) is 11.2 Å². The Morgan fingerprint density at radius 2 is 1.71 bits per heavy atom. The number of nitrogens with zero attached hydrogens (tertiary/aromatic N) is 2. The largest absolute Gasteiger partial charge is 0.489 e. The van der Waals surface area contributed by atoms with E-state index in [2.05, 4.69) is 4.98 Å². The Hall–Kier alpha value is -3.91. The summed E-state index contributed by atoms with van der Waals surface area (Å²) in [4.78, 5) is 31.4. The molecule has 42 heavy (non-hydrogen) atoms.